The van der Waals surface area contributed by atoms with Gasteiger partial charge in [-0.25, -0.2) is 4.79 Å². The Balaban J connectivity index is 1.74. The van der Waals surface area contributed by atoms with Gasteiger partial charge in [-0.05, 0) is 95.5 Å². The molecule has 3 fully saturated rings. The largest absolute Gasteiger partial charge is 0.456 e. The molecule has 5 N–H and O–H groups in total. The molecule has 14 atom stereocenters. The van der Waals surface area contributed by atoms with Crippen molar-refractivity contribution in [2.45, 2.75) is 160 Å². The number of hydrogen-bond donors (Lipinski definition) is 5. The molecule has 3 heterocycles. The van der Waals surface area contributed by atoms with E-state index in [2.05, 4.69) is 6.58 Å². The lowest BCUT2D eigenvalue weighted by Gasteiger charge is -2.37. The van der Waals surface area contributed by atoms with E-state index in [0.717, 1.165) is 10.5 Å². The van der Waals surface area contributed by atoms with Crippen LogP contribution in [0.3, 0.4) is 0 Å². The van der Waals surface area contributed by atoms with Crippen molar-refractivity contribution in [3.05, 3.63) is 36.0 Å². The number of aliphatic hydroxyl groups excluding tert-OH is 4. The Morgan fingerprint density at radius 2 is 1.69 bits per heavy atom. The summed E-state index contributed by atoms with van der Waals surface area (Å²) in [5, 5.41) is 55.1. The Labute approximate surface area is 325 Å². The van der Waals surface area contributed by atoms with Crippen LogP contribution in [0.15, 0.2) is 36.0 Å². The number of aliphatic hydroxyl groups is 5. The van der Waals surface area contributed by atoms with Crippen molar-refractivity contribution in [3.63, 3.8) is 0 Å². The fourth-order valence-electron chi connectivity index (χ4n) is 8.96. The van der Waals surface area contributed by atoms with Crippen molar-refractivity contribution in [1.82, 2.24) is 4.90 Å². The van der Waals surface area contributed by atoms with Crippen LogP contribution >= 0.6 is 0 Å². The van der Waals surface area contributed by atoms with Gasteiger partial charge in [0.2, 0.25) is 5.79 Å². The van der Waals surface area contributed by atoms with E-state index < -0.39 is 90.0 Å². The van der Waals surface area contributed by atoms with Crippen LogP contribution in [0.25, 0.3) is 0 Å². The number of methoxy groups -OCH3 is 1. The second-order valence-corrected chi connectivity index (χ2v) is 16.9. The zero-order valence-electron chi connectivity index (χ0n) is 33.5. The van der Waals surface area contributed by atoms with Crippen LogP contribution in [0, 0.1) is 29.6 Å². The summed E-state index contributed by atoms with van der Waals surface area (Å²) in [6.07, 6.45) is 2.09. The number of ether oxygens (including phenoxy) is 3. The maximum absolute atomic E-state index is 14.1. The lowest BCUT2D eigenvalue weighted by atomic mass is 9.82. The van der Waals surface area contributed by atoms with Crippen LogP contribution in [0.1, 0.15) is 105 Å². The van der Waals surface area contributed by atoms with Crippen LogP contribution in [0.2, 0.25) is 0 Å². The number of fused-ring (bicyclic) bond motifs is 3. The topological polar surface area (TPSA) is 200 Å². The van der Waals surface area contributed by atoms with Gasteiger partial charge >= 0.3 is 5.97 Å². The zero-order chi connectivity index (χ0) is 40.8. The van der Waals surface area contributed by atoms with Gasteiger partial charge in [0.05, 0.1) is 30.5 Å². The van der Waals surface area contributed by atoms with Crippen molar-refractivity contribution in [3.8, 4) is 0 Å². The van der Waals surface area contributed by atoms with Crippen LogP contribution in [-0.4, -0.2) is 122 Å². The highest BCUT2D eigenvalue weighted by molar-refractivity contribution is 6.39. The summed E-state index contributed by atoms with van der Waals surface area (Å²) in [6, 6.07) is -1.18. The third-order valence-electron chi connectivity index (χ3n) is 12.3. The Bertz CT molecular complexity index is 1440. The van der Waals surface area contributed by atoms with E-state index in [1.54, 1.807) is 26.8 Å². The summed E-state index contributed by atoms with van der Waals surface area (Å²) in [4.78, 5) is 56.9. The van der Waals surface area contributed by atoms with E-state index in [1.807, 2.05) is 26.0 Å². The van der Waals surface area contributed by atoms with Gasteiger partial charge in [-0.15, -0.1) is 6.58 Å². The maximum Gasteiger partial charge on any atom is 0.329 e. The number of rotatable bonds is 5. The molecule has 0 spiro atoms. The molecule has 0 aromatic rings. The van der Waals surface area contributed by atoms with Crippen molar-refractivity contribution in [2.75, 3.05) is 13.7 Å². The SMILES string of the molecule is C=CCC1/C=C(\C)C[C@H](C)CC(OC)C(O)C2C[C@@H](C)C(O)(O2)C(=O)C(=O)N2CCCC[C@H]2C(=O)OC(/C(C)=C/[C@@H]2CC[C@@H](O)[C@H](O)C2)[C@H](C)[C@@H](O)CC1=O. The highest BCUT2D eigenvalue weighted by Gasteiger charge is 2.57. The van der Waals surface area contributed by atoms with Crippen molar-refractivity contribution < 1.29 is 58.9 Å². The number of ketones is 2. The van der Waals surface area contributed by atoms with E-state index >= 15 is 0 Å². The van der Waals surface area contributed by atoms with E-state index in [9.17, 15) is 44.7 Å². The van der Waals surface area contributed by atoms with Crippen LogP contribution in [0.5, 0.6) is 0 Å². The third-order valence-corrected chi connectivity index (χ3v) is 12.3. The molecule has 6 unspecified atom stereocenters. The van der Waals surface area contributed by atoms with Crippen LogP contribution < -0.4 is 0 Å². The minimum absolute atomic E-state index is 0.0190. The quantitative estimate of drug-likeness (QED) is 0.155. The number of cyclic esters (lactones) is 1. The molecule has 13 nitrogen and oxygen atoms in total. The lowest BCUT2D eigenvalue weighted by molar-refractivity contribution is -0.225. The number of piperidine rings is 1. The lowest BCUT2D eigenvalue weighted by Crippen LogP contribution is -2.57. The highest BCUT2D eigenvalue weighted by Crippen LogP contribution is 2.39. The van der Waals surface area contributed by atoms with Gasteiger partial charge in [-0.3, -0.25) is 14.4 Å². The average molecular weight is 776 g/mol. The highest BCUT2D eigenvalue weighted by atomic mass is 16.7. The fourth-order valence-corrected chi connectivity index (χ4v) is 8.96. The average Bonchev–Trinajstić information content (AvgIpc) is 3.46. The summed E-state index contributed by atoms with van der Waals surface area (Å²) in [7, 11) is 1.46. The number of allylic oxidation sites excluding steroid dienone is 4. The number of esters is 1. The second kappa shape index (κ2) is 19.6. The molecule has 0 aromatic heterocycles. The second-order valence-electron chi connectivity index (χ2n) is 16.9. The molecular formula is C42H65NO12. The summed E-state index contributed by atoms with van der Waals surface area (Å²) in [5.74, 6) is -8.26. The maximum atomic E-state index is 14.1. The summed E-state index contributed by atoms with van der Waals surface area (Å²) in [6.45, 7) is 12.8. The van der Waals surface area contributed by atoms with Gasteiger partial charge in [0, 0.05) is 37.8 Å². The molecule has 3 aliphatic heterocycles. The van der Waals surface area contributed by atoms with E-state index in [4.69, 9.17) is 14.2 Å². The first-order valence-corrected chi connectivity index (χ1v) is 20.1. The standard InChI is InChI=1S/C42H65NO12/c1-8-11-29-17-23(2)16-24(3)18-35(53-7)37(48)36-20-26(5)42(52,55-36)39(49)40(50)43-15-10-9-12-30(43)41(51)54-38(27(6)32(45)22-33(29)46)25(4)19-28-13-14-31(44)34(47)21-28/h8,17,19,24,26-32,34-38,44-45,47-48,52H,1,9-16,18,20-22H2,2-7H3/b23-17+,25-19+/t24-,26+,27+,28-,29?,30-,31+,32-,34+,35?,36?,37?,38?,42?/m0/s1. The first kappa shape index (κ1) is 44.9. The summed E-state index contributed by atoms with van der Waals surface area (Å²) in [5.41, 5.74) is 1.50. The fraction of sp³-hybridized carbons (Fsp3) is 0.762. The van der Waals surface area contributed by atoms with Gasteiger partial charge in [0.15, 0.2) is 0 Å². The van der Waals surface area contributed by atoms with Crippen molar-refractivity contribution in [1.29, 1.82) is 0 Å². The number of amides is 1. The molecule has 13 heteroatoms. The van der Waals surface area contributed by atoms with Crippen molar-refractivity contribution in [2.24, 2.45) is 29.6 Å². The third kappa shape index (κ3) is 10.8. The van der Waals surface area contributed by atoms with E-state index in [0.29, 0.717) is 56.9 Å². The van der Waals surface area contributed by atoms with Gasteiger partial charge < -0.3 is 44.6 Å². The molecule has 0 radical (unpaired) electrons. The molecule has 2 bridgehead atoms. The minimum Gasteiger partial charge on any atom is -0.456 e. The number of carbonyl (C=O) groups excluding carboxylic acids is 4. The number of hydrogen-bond acceptors (Lipinski definition) is 12. The molecule has 4 aliphatic rings. The smallest absolute Gasteiger partial charge is 0.329 e. The Morgan fingerprint density at radius 1 is 0.982 bits per heavy atom. The summed E-state index contributed by atoms with van der Waals surface area (Å²) >= 11 is 0. The molecule has 0 aromatic carbocycles. The molecule has 1 saturated carbocycles. The summed E-state index contributed by atoms with van der Waals surface area (Å²) < 4.78 is 17.7. The van der Waals surface area contributed by atoms with E-state index in [1.165, 1.54) is 7.11 Å². The molecule has 1 aliphatic carbocycles. The van der Waals surface area contributed by atoms with Gasteiger partial charge in [-0.2, -0.15) is 0 Å². The normalized spacial score (nSPS) is 42.0. The predicted molar refractivity (Wildman–Crippen MR) is 203 cm³/mol. The van der Waals surface area contributed by atoms with Crippen LogP contribution in [-0.2, 0) is 33.4 Å². The number of carbonyl (C=O) groups is 4. The molecule has 1 amide bonds. The molecular weight excluding hydrogens is 710 g/mol. The zero-order valence-corrected chi connectivity index (χ0v) is 33.5. The van der Waals surface area contributed by atoms with E-state index in [-0.39, 0.29) is 43.4 Å². The first-order valence-electron chi connectivity index (χ1n) is 20.1. The number of Topliss-reactive ketones (excluding diaryl/α,β-unsaturated/α-hetero) is 2. The van der Waals surface area contributed by atoms with Gasteiger partial charge in [0.25, 0.3) is 11.7 Å². The Morgan fingerprint density at radius 3 is 2.35 bits per heavy atom. The van der Waals surface area contributed by atoms with Gasteiger partial charge in [-0.1, -0.05) is 44.6 Å². The molecule has 55 heavy (non-hydrogen) atoms. The van der Waals surface area contributed by atoms with Gasteiger partial charge in [0.1, 0.15) is 24.0 Å². The molecule has 4 rings (SSSR count). The minimum atomic E-state index is -2.54. The first-order chi connectivity index (χ1) is 25.9. The van der Waals surface area contributed by atoms with Crippen molar-refractivity contribution >= 4 is 23.4 Å². The predicted octanol–water partition coefficient (Wildman–Crippen LogP) is 3.33. The van der Waals surface area contributed by atoms with Crippen LogP contribution in [0.4, 0.5) is 0 Å². The molecule has 2 saturated heterocycles. The monoisotopic (exact) mass is 775 g/mol. The Hall–Kier alpha value is -2.78. The Kier molecular flexibility index (Phi) is 16.0. The number of nitrogens with zero attached hydrogens (tertiary/aromatic N) is 1. The molecule has 310 valence electrons.